The molecule has 53 heteroatoms. The molecule has 20 atom stereocenters. The van der Waals surface area contributed by atoms with Crippen molar-refractivity contribution >= 4 is 144 Å². The van der Waals surface area contributed by atoms with Crippen molar-refractivity contribution in [2.45, 2.75) is 259 Å². The number of guanidine groups is 2. The Bertz CT molecular complexity index is 4420. The largest absolute Gasteiger partial charge is 0.508 e. The fourth-order valence-electron chi connectivity index (χ4n) is 13.6. The van der Waals surface area contributed by atoms with Gasteiger partial charge in [0, 0.05) is 49.4 Å². The van der Waals surface area contributed by atoms with Crippen molar-refractivity contribution in [1.82, 2.24) is 90.0 Å². The van der Waals surface area contributed by atoms with Gasteiger partial charge in [-0.2, -0.15) is 25.3 Å². The molecule has 0 aliphatic carbocycles. The predicted molar refractivity (Wildman–Crippen MR) is 494 cm³/mol. The van der Waals surface area contributed by atoms with E-state index in [0.29, 0.717) is 5.56 Å². The van der Waals surface area contributed by atoms with E-state index in [2.05, 4.69) is 110 Å². The number of hydrogen-bond donors (Lipinski definition) is 34. The third kappa shape index (κ3) is 39.9. The van der Waals surface area contributed by atoms with Crippen LogP contribution in [0.3, 0.4) is 0 Å². The lowest BCUT2D eigenvalue weighted by Crippen LogP contribution is -2.64. The highest BCUT2D eigenvalue weighted by atomic mass is 32.1. The minimum Gasteiger partial charge on any atom is -0.508 e. The Morgan fingerprint density at radius 3 is 1.15 bits per heavy atom. The number of phenols is 2. The summed E-state index contributed by atoms with van der Waals surface area (Å²) in [6.45, 7) is 10.1. The van der Waals surface area contributed by atoms with Crippen LogP contribution < -0.4 is 131 Å². The summed E-state index contributed by atoms with van der Waals surface area (Å²) in [5.74, 6) is -23.4. The van der Waals surface area contributed by atoms with E-state index < -0.39 is 301 Å². The summed E-state index contributed by atoms with van der Waals surface area (Å²) < 4.78 is -1.66. The Balaban J connectivity index is 1.92. The zero-order valence-corrected chi connectivity index (χ0v) is 78.2. The Kier molecular flexibility index (Phi) is 49.5. The van der Waals surface area contributed by atoms with Gasteiger partial charge in [-0.05, 0) is 140 Å². The molecule has 2 aromatic carbocycles. The number of aliphatic hydroxyl groups excluding tert-OH is 3. The summed E-state index contributed by atoms with van der Waals surface area (Å²) in [6, 6.07) is -16.2. The van der Waals surface area contributed by atoms with E-state index in [9.17, 15) is 117 Å². The molecule has 1 aliphatic rings. The van der Waals surface area contributed by atoms with E-state index in [4.69, 9.17) is 56.7 Å². The SMILES string of the molecule is CC[C@H](C)[C@H](NC(=O)[C@@H]1C[C@@H](O)CN1C(=O)[C@@H](N)C(C)C)C(=O)N[C@H](C(=O)N[C@@H](Cc1ccc(O)cc1)C(=O)N[C@H](C(=O)N[C@@H](CC(N)=O)C(=O)N[C@@H](CCCNC(=N)N)C(=O)N[C@@H](CCN)C(=O)N[C@H](C(=O)N[C@H](CCN)C(=O)N[C@@H](CC(N)=O)C(=O)N[C@@H](CS)C(=O)N[C@@H](CCN)C(=O)N[C@@H](CCCNC(=N)N)C(=O)N[C@@H](Cc1ccc(O)cc1)C(=O)O)[C@@H](C)O)C(C)(C)S)[C@@H](C)O. The highest BCUT2D eigenvalue weighted by Gasteiger charge is 2.46. The zero-order valence-electron chi connectivity index (χ0n) is 76.4. The van der Waals surface area contributed by atoms with Gasteiger partial charge in [-0.3, -0.25) is 92.3 Å². The van der Waals surface area contributed by atoms with Crippen LogP contribution in [-0.2, 0) is 99.1 Å². The number of benzene rings is 2. The summed E-state index contributed by atoms with van der Waals surface area (Å²) in [6.07, 6.45) is -9.20. The number of rotatable bonds is 59. The number of β-amino-alcohol motifs (C(OH)–C–C–N with tert-alkyl or cyclic N) is 1. The maximum absolute atomic E-state index is 14.8. The highest BCUT2D eigenvalue weighted by Crippen LogP contribution is 2.24. The van der Waals surface area contributed by atoms with E-state index in [1.165, 1.54) is 62.4 Å². The fraction of sp³-hybridized carbons (Fsp3) is 0.610. The first kappa shape index (κ1) is 117. The number of nitrogens with one attached hydrogen (secondary N) is 18. The number of aromatic hydroxyl groups is 2. The summed E-state index contributed by atoms with van der Waals surface area (Å²) in [5.41, 5.74) is 46.5. The van der Waals surface area contributed by atoms with Crippen LogP contribution >= 0.6 is 25.3 Å². The molecule has 0 bridgehead atoms. The van der Waals surface area contributed by atoms with Crippen LogP contribution in [-0.4, -0.2) is 319 Å². The molecule has 0 aromatic heterocycles. The standard InChI is InChI=1S/C82H135N27O24S2/c1-9-38(4)60(105-73(126)56-32-45(114)35-109(56)78(131)59(88)37(2)3)74(127)107-62(40(6)111)76(129)101-51(30-41-14-18-43(112)19-15-41)71(124)108-63(82(7,8)135)77(130)102-53(34-58(87)116)69(122)96-46(12-10-28-93-80(89)90)64(117)97-50(24-27-85)68(121)106-61(39(5)110)75(128)99-49(23-26-84)67(120)100-52(33-57(86)115)70(123)104-55(36-134)72(125)98-48(22-25-83)66(119)95-47(13-11-29-94-81(91)92)65(118)103-54(79(132)133)31-42-16-20-44(113)21-17-42/h14-21,37-40,45-56,59-63,110-114,134-135H,9-13,22-36,83-85,88H2,1-8H3,(H2,86,115)(H2,87,116)(H,95,119)(H,96,122)(H,97,117)(H,98,125)(H,99,128)(H,100,120)(H,101,129)(H,102,130)(H,103,118)(H,104,123)(H,105,126)(H,106,121)(H,107,127)(H,108,124)(H,132,133)(H4,89,90,93)(H4,91,92,94)/t38-,39+,40+,45+,46-,47-,48-,49+,50-,51-,52-,53-,54-,55-,56-,59-,60-,61-,62-,63+/m0/s1. The van der Waals surface area contributed by atoms with Crippen molar-refractivity contribution in [2.24, 2.45) is 57.7 Å². The van der Waals surface area contributed by atoms with Gasteiger partial charge in [0.1, 0.15) is 102 Å². The molecule has 135 heavy (non-hydrogen) atoms. The average Bonchev–Trinajstić information content (AvgIpc) is 1.71. The van der Waals surface area contributed by atoms with E-state index in [-0.39, 0.29) is 94.1 Å². The molecule has 1 fully saturated rings. The molecular formula is C82H135N27O24S2. The molecule has 40 N–H and O–H groups in total. The first-order valence-electron chi connectivity index (χ1n) is 43.5. The molecule has 1 saturated heterocycles. The molecular weight excluding hydrogens is 1810 g/mol. The van der Waals surface area contributed by atoms with Crippen LogP contribution in [0.2, 0.25) is 0 Å². The minimum absolute atomic E-state index is 0.0160. The molecule has 0 saturated carbocycles. The van der Waals surface area contributed by atoms with Crippen LogP contribution in [0.15, 0.2) is 48.5 Å². The number of nitrogens with zero attached hydrogens (tertiary/aromatic N) is 1. The van der Waals surface area contributed by atoms with Crippen LogP contribution in [0.5, 0.6) is 11.5 Å². The molecule has 0 unspecified atom stereocenters. The number of amides is 17. The number of carboxylic acids is 1. The van der Waals surface area contributed by atoms with Crippen molar-refractivity contribution < 1.29 is 117 Å². The first-order valence-corrected chi connectivity index (χ1v) is 44.6. The van der Waals surface area contributed by atoms with Crippen molar-refractivity contribution in [3.8, 4) is 11.5 Å². The van der Waals surface area contributed by atoms with E-state index in [0.717, 1.165) is 18.7 Å². The van der Waals surface area contributed by atoms with Gasteiger partial charge in [0.05, 0.1) is 37.2 Å². The summed E-state index contributed by atoms with van der Waals surface area (Å²) in [4.78, 5) is 253. The molecule has 0 spiro atoms. The normalized spacial score (nSPS) is 17.0. The number of carbonyl (C=O) groups excluding carboxylic acids is 17. The minimum atomic E-state index is -2.04. The van der Waals surface area contributed by atoms with Crippen molar-refractivity contribution in [1.29, 1.82) is 10.8 Å². The molecule has 754 valence electrons. The Labute approximate surface area is 790 Å². The van der Waals surface area contributed by atoms with Gasteiger partial charge in [-0.25, -0.2) is 4.79 Å². The zero-order chi connectivity index (χ0) is 102. The predicted octanol–water partition coefficient (Wildman–Crippen LogP) is -11.5. The molecule has 0 radical (unpaired) electrons. The lowest BCUT2D eigenvalue weighted by molar-refractivity contribution is -0.142. The van der Waals surface area contributed by atoms with Gasteiger partial charge < -0.3 is 166 Å². The quantitative estimate of drug-likeness (QED) is 0.0127. The second kappa shape index (κ2) is 57.2. The van der Waals surface area contributed by atoms with Crippen LogP contribution in [0.1, 0.15) is 137 Å². The van der Waals surface area contributed by atoms with Crippen molar-refractivity contribution in [3.05, 3.63) is 59.7 Å². The number of aliphatic carboxylic acids is 1. The summed E-state index contributed by atoms with van der Waals surface area (Å²) in [7, 11) is 0. The number of carbonyl (C=O) groups is 18. The Morgan fingerprint density at radius 2 is 0.785 bits per heavy atom. The lowest BCUT2D eigenvalue weighted by atomic mass is 9.96. The van der Waals surface area contributed by atoms with Crippen molar-refractivity contribution in [3.63, 3.8) is 0 Å². The summed E-state index contributed by atoms with van der Waals surface area (Å²) >= 11 is 8.75. The number of primary amides is 2. The number of nitrogens with two attached hydrogens (primary N) is 8. The molecule has 2 aromatic rings. The number of likely N-dealkylation sites (tertiary alicyclic amines) is 1. The smallest absolute Gasteiger partial charge is 0.326 e. The van der Waals surface area contributed by atoms with Gasteiger partial charge >= 0.3 is 5.97 Å². The second-order valence-corrected chi connectivity index (χ2v) is 35.0. The molecule has 51 nitrogen and oxygen atoms in total. The second-order valence-electron chi connectivity index (χ2n) is 33.5. The monoisotopic (exact) mass is 1950 g/mol. The molecule has 1 aliphatic heterocycles. The van der Waals surface area contributed by atoms with Gasteiger partial charge in [-0.15, -0.1) is 0 Å². The lowest BCUT2D eigenvalue weighted by Gasteiger charge is -2.33. The molecule has 1 heterocycles. The fourth-order valence-corrected chi connectivity index (χ4v) is 14.0. The van der Waals surface area contributed by atoms with Crippen LogP contribution in [0.4, 0.5) is 0 Å². The highest BCUT2D eigenvalue weighted by molar-refractivity contribution is 7.81. The van der Waals surface area contributed by atoms with Gasteiger partial charge in [0.2, 0.25) is 100 Å². The van der Waals surface area contributed by atoms with E-state index in [1.54, 1.807) is 27.7 Å². The van der Waals surface area contributed by atoms with E-state index >= 15 is 0 Å². The topological polar surface area (TPSA) is 880 Å². The summed E-state index contributed by atoms with van der Waals surface area (Å²) in [5, 5.41) is 116. The first-order chi connectivity index (χ1) is 63.2. The third-order valence-corrected chi connectivity index (χ3v) is 22.1. The van der Waals surface area contributed by atoms with E-state index in [1.807, 2.05) is 0 Å². The Hall–Kier alpha value is -12.5. The maximum Gasteiger partial charge on any atom is 0.326 e. The number of phenolic OH excluding ortho intramolecular Hbond substituents is 2. The number of carboxylic acid groups (broad SMARTS) is 1. The Morgan fingerprint density at radius 1 is 0.459 bits per heavy atom. The molecule has 3 rings (SSSR count). The number of thiol groups is 2. The van der Waals surface area contributed by atoms with Gasteiger partial charge in [0.15, 0.2) is 11.9 Å². The molecule has 17 amide bonds. The van der Waals surface area contributed by atoms with Crippen LogP contribution in [0, 0.1) is 22.7 Å². The van der Waals surface area contributed by atoms with Gasteiger partial charge in [0.25, 0.3) is 0 Å². The van der Waals surface area contributed by atoms with Gasteiger partial charge in [-0.1, -0.05) is 58.4 Å². The number of hydrogen-bond acceptors (Lipinski definition) is 31. The maximum atomic E-state index is 14.8. The number of aliphatic hydroxyl groups is 3. The average molecular weight is 1950 g/mol. The van der Waals surface area contributed by atoms with Crippen molar-refractivity contribution in [2.75, 3.05) is 45.0 Å². The third-order valence-electron chi connectivity index (χ3n) is 21.4. The van der Waals surface area contributed by atoms with Crippen LogP contribution in [0.25, 0.3) is 0 Å².